The van der Waals surface area contributed by atoms with Crippen molar-refractivity contribution in [3.8, 4) is 11.4 Å². The van der Waals surface area contributed by atoms with E-state index in [1.807, 2.05) is 30.3 Å². The Bertz CT molecular complexity index is 922. The number of carbonyl (C=O) groups excluding carboxylic acids is 1. The molecule has 1 N–H and O–H groups in total. The molecule has 0 saturated carbocycles. The van der Waals surface area contributed by atoms with Gasteiger partial charge in [0.05, 0.1) is 7.11 Å². The molecule has 1 heterocycles. The van der Waals surface area contributed by atoms with E-state index in [1.54, 1.807) is 6.07 Å². The largest absolute Gasteiger partial charge is 0.506 e. The third kappa shape index (κ3) is 3.54. The number of carbonyl (C=O) groups is 1. The second kappa shape index (κ2) is 6.78. The van der Waals surface area contributed by atoms with Crippen molar-refractivity contribution in [2.75, 3.05) is 7.11 Å². The number of fused-ring (bicyclic) bond motifs is 1. The van der Waals surface area contributed by atoms with Crippen LogP contribution in [0.3, 0.4) is 0 Å². The quantitative estimate of drug-likeness (QED) is 0.726. The number of aromatic hydroxyl groups is 1. The molecule has 0 aliphatic carbocycles. The topological polar surface area (TPSA) is 77.2 Å². The Hall–Kier alpha value is -2.89. The van der Waals surface area contributed by atoms with Gasteiger partial charge in [0.15, 0.2) is 0 Å². The summed E-state index contributed by atoms with van der Waals surface area (Å²) in [6.07, 6.45) is 0.797. The van der Waals surface area contributed by atoms with Gasteiger partial charge in [-0.3, -0.25) is 4.79 Å². The van der Waals surface area contributed by atoms with Crippen molar-refractivity contribution in [1.29, 1.82) is 0 Å². The first-order valence-corrected chi connectivity index (χ1v) is 8.55. The highest BCUT2D eigenvalue weighted by Gasteiger charge is 2.22. The average molecular weight is 353 g/mol. The minimum Gasteiger partial charge on any atom is -0.506 e. The number of hydrogen-bond donors (Lipinski definition) is 1. The second-order valence-corrected chi connectivity index (χ2v) is 7.30. The predicted octanol–water partition coefficient (Wildman–Crippen LogP) is 3.53. The molecule has 1 aromatic heterocycles. The van der Waals surface area contributed by atoms with Gasteiger partial charge in [-0.2, -0.15) is 0 Å². The molecule has 0 spiro atoms. The molecule has 0 bridgehead atoms. The summed E-state index contributed by atoms with van der Waals surface area (Å²) in [6.45, 7) is 6.22. The van der Waals surface area contributed by atoms with Crippen molar-refractivity contribution < 1.29 is 14.6 Å². The summed E-state index contributed by atoms with van der Waals surface area (Å²) >= 11 is 0. The van der Waals surface area contributed by atoms with Gasteiger partial charge in [0.25, 0.3) is 0 Å². The van der Waals surface area contributed by atoms with Crippen LogP contribution < -0.4 is 0 Å². The zero-order valence-electron chi connectivity index (χ0n) is 15.5. The third-order valence-electron chi connectivity index (χ3n) is 4.34. The Labute approximate surface area is 152 Å². The summed E-state index contributed by atoms with van der Waals surface area (Å²) in [4.78, 5) is 13.0. The van der Waals surface area contributed by atoms with Gasteiger partial charge in [-0.25, -0.2) is 0 Å². The summed E-state index contributed by atoms with van der Waals surface area (Å²) in [5.41, 5.74) is 3.78. The van der Waals surface area contributed by atoms with Crippen molar-refractivity contribution >= 4 is 17.0 Å². The molecule has 26 heavy (non-hydrogen) atoms. The van der Waals surface area contributed by atoms with Crippen LogP contribution in [0.1, 0.15) is 38.3 Å². The van der Waals surface area contributed by atoms with Crippen LogP contribution >= 0.6 is 0 Å². The van der Waals surface area contributed by atoms with Crippen LogP contribution in [0, 0.1) is 0 Å². The molecule has 0 fully saturated rings. The van der Waals surface area contributed by atoms with Gasteiger partial charge in [0, 0.05) is 6.42 Å². The molecular weight excluding hydrogens is 330 g/mol. The monoisotopic (exact) mass is 353 g/mol. The highest BCUT2D eigenvalue weighted by atomic mass is 16.5. The van der Waals surface area contributed by atoms with Crippen LogP contribution in [0.15, 0.2) is 36.4 Å². The zero-order chi connectivity index (χ0) is 18.9. The highest BCUT2D eigenvalue weighted by molar-refractivity contribution is 5.74. The van der Waals surface area contributed by atoms with Crippen LogP contribution in [0.2, 0.25) is 0 Å². The van der Waals surface area contributed by atoms with Crippen LogP contribution in [-0.4, -0.2) is 33.2 Å². The maximum absolute atomic E-state index is 11.6. The van der Waals surface area contributed by atoms with Gasteiger partial charge in [-0.15, -0.1) is 15.0 Å². The Morgan fingerprint density at radius 1 is 1.15 bits per heavy atom. The number of phenols is 1. The highest BCUT2D eigenvalue weighted by Crippen LogP contribution is 2.34. The lowest BCUT2D eigenvalue weighted by Gasteiger charge is -2.24. The van der Waals surface area contributed by atoms with E-state index in [1.165, 1.54) is 11.9 Å². The van der Waals surface area contributed by atoms with Gasteiger partial charge < -0.3 is 9.84 Å². The summed E-state index contributed by atoms with van der Waals surface area (Å²) in [5, 5.41) is 19.5. The number of methoxy groups -OCH3 is 1. The van der Waals surface area contributed by atoms with E-state index in [0.717, 1.165) is 22.2 Å². The van der Waals surface area contributed by atoms with Crippen LogP contribution in [-0.2, 0) is 21.4 Å². The molecule has 0 aliphatic rings. The number of phenolic OH excluding ortho intramolecular Hbond substituents is 1. The van der Waals surface area contributed by atoms with Gasteiger partial charge in [0.1, 0.15) is 22.5 Å². The summed E-state index contributed by atoms with van der Waals surface area (Å²) in [7, 11) is 1.38. The Morgan fingerprint density at radius 3 is 2.31 bits per heavy atom. The van der Waals surface area contributed by atoms with Gasteiger partial charge in [-0.1, -0.05) is 32.9 Å². The van der Waals surface area contributed by atoms with Crippen LogP contribution in [0.5, 0.6) is 5.75 Å². The van der Waals surface area contributed by atoms with Crippen LogP contribution in [0.4, 0.5) is 0 Å². The Kier molecular flexibility index (Phi) is 4.68. The zero-order valence-corrected chi connectivity index (χ0v) is 15.5. The average Bonchev–Trinajstić information content (AvgIpc) is 3.03. The molecule has 6 heteroatoms. The number of esters is 1. The maximum atomic E-state index is 11.6. The predicted molar refractivity (Wildman–Crippen MR) is 99.6 cm³/mol. The molecule has 3 aromatic rings. The van der Waals surface area contributed by atoms with Gasteiger partial charge >= 0.3 is 5.97 Å². The molecule has 0 unspecified atom stereocenters. The number of ether oxygens (including phenoxy) is 1. The molecule has 0 radical (unpaired) electrons. The van der Waals surface area contributed by atoms with E-state index in [9.17, 15) is 9.90 Å². The fraction of sp³-hybridized carbons (Fsp3) is 0.350. The number of aromatic nitrogens is 3. The van der Waals surface area contributed by atoms with Crippen molar-refractivity contribution in [2.45, 2.75) is 39.0 Å². The number of nitrogens with zero attached hydrogens (tertiary/aromatic N) is 3. The minimum atomic E-state index is -0.262. The van der Waals surface area contributed by atoms with E-state index in [-0.39, 0.29) is 23.6 Å². The molecule has 2 aromatic carbocycles. The van der Waals surface area contributed by atoms with Gasteiger partial charge in [0.2, 0.25) is 0 Å². The van der Waals surface area contributed by atoms with Crippen molar-refractivity contribution in [3.05, 3.63) is 47.5 Å². The van der Waals surface area contributed by atoms with Crippen molar-refractivity contribution in [1.82, 2.24) is 15.0 Å². The fourth-order valence-corrected chi connectivity index (χ4v) is 2.99. The summed E-state index contributed by atoms with van der Waals surface area (Å²) in [6, 6.07) is 11.1. The number of benzene rings is 2. The van der Waals surface area contributed by atoms with Crippen molar-refractivity contribution in [3.63, 3.8) is 0 Å². The molecular formula is C20H23N3O3. The number of hydrogen-bond acceptors (Lipinski definition) is 5. The summed E-state index contributed by atoms with van der Waals surface area (Å²) < 4.78 is 4.76. The molecule has 136 valence electrons. The van der Waals surface area contributed by atoms with E-state index in [2.05, 4.69) is 31.0 Å². The number of rotatable bonds is 4. The first kappa shape index (κ1) is 17.9. The van der Waals surface area contributed by atoms with Crippen LogP contribution in [0.25, 0.3) is 16.7 Å². The van der Waals surface area contributed by atoms with E-state index in [0.29, 0.717) is 12.1 Å². The van der Waals surface area contributed by atoms with Gasteiger partial charge in [-0.05, 0) is 47.2 Å². The standard InChI is InChI=1S/C20H23N3O3/c1-20(2,3)14-12-18(24)17(11-13(14)9-10-19(25)26-4)23-21-15-7-5-6-8-16(15)22-23/h5-8,11-12,24H,9-10H2,1-4H3. The lowest BCUT2D eigenvalue weighted by atomic mass is 9.82. The lowest BCUT2D eigenvalue weighted by Crippen LogP contribution is -2.16. The fourth-order valence-electron chi connectivity index (χ4n) is 2.99. The first-order chi connectivity index (χ1) is 12.3. The molecule has 0 aliphatic heterocycles. The summed E-state index contributed by atoms with van der Waals surface area (Å²) in [5.74, 6) is -0.153. The molecule has 3 rings (SSSR count). The normalized spacial score (nSPS) is 11.7. The lowest BCUT2D eigenvalue weighted by molar-refractivity contribution is -0.140. The minimum absolute atomic E-state index is 0.108. The Balaban J connectivity index is 2.09. The first-order valence-electron chi connectivity index (χ1n) is 8.55. The van der Waals surface area contributed by atoms with E-state index < -0.39 is 0 Å². The molecule has 0 atom stereocenters. The Morgan fingerprint density at radius 2 is 1.77 bits per heavy atom. The molecule has 0 saturated heterocycles. The number of aryl methyl sites for hydroxylation is 1. The van der Waals surface area contributed by atoms with E-state index >= 15 is 0 Å². The maximum Gasteiger partial charge on any atom is 0.305 e. The molecule has 0 amide bonds. The van der Waals surface area contributed by atoms with E-state index in [4.69, 9.17) is 4.74 Å². The smallest absolute Gasteiger partial charge is 0.305 e. The van der Waals surface area contributed by atoms with Crippen molar-refractivity contribution in [2.24, 2.45) is 0 Å². The SMILES string of the molecule is COC(=O)CCc1cc(-n2nc3ccccc3n2)c(O)cc1C(C)(C)C. The molecule has 6 nitrogen and oxygen atoms in total. The second-order valence-electron chi connectivity index (χ2n) is 7.30. The third-order valence-corrected chi connectivity index (χ3v) is 4.34.